The van der Waals surface area contributed by atoms with Crippen LogP contribution in [0.1, 0.15) is 174 Å². The molecule has 0 saturated carbocycles. The molecule has 6 atom stereocenters. The molecule has 6 unspecified atom stereocenters. The zero-order valence-corrected chi connectivity index (χ0v) is 32.7. The summed E-state index contributed by atoms with van der Waals surface area (Å²) < 4.78 is 57.7. The minimum absolute atomic E-state index is 0.0327. The van der Waals surface area contributed by atoms with Crippen molar-refractivity contribution in [1.82, 2.24) is 0 Å². The van der Waals surface area contributed by atoms with Crippen LogP contribution in [0.15, 0.2) is 0 Å². The van der Waals surface area contributed by atoms with Gasteiger partial charge in [0.05, 0.1) is 19.8 Å². The number of unbranched alkanes of at least 4 members (excludes halogenated alkanes) is 23. The quantitative estimate of drug-likeness (QED) is 0.0288. The Labute approximate surface area is 309 Å². The van der Waals surface area contributed by atoms with Crippen LogP contribution in [-0.2, 0) is 38.3 Å². The van der Waals surface area contributed by atoms with Gasteiger partial charge < -0.3 is 34.3 Å². The third-order valence-electron chi connectivity index (χ3n) is 9.53. The van der Waals surface area contributed by atoms with E-state index in [1.165, 1.54) is 135 Å². The van der Waals surface area contributed by atoms with Gasteiger partial charge in [-0.3, -0.25) is 9.35 Å². The van der Waals surface area contributed by atoms with Crippen LogP contribution >= 0.6 is 0 Å². The highest BCUT2D eigenvalue weighted by Gasteiger charge is 2.48. The summed E-state index contributed by atoms with van der Waals surface area (Å²) in [5, 5.41) is 30.1. The standard InChI is InChI=1S/C38H74O12S/c1-3-5-6-7-8-9-10-11-12-13-14-15-16-17-18-19-20-21-22-23-24-25-26-27-28-46-30-32(48-34(40)4-2)31-47-38-36(42)37(50-51(43,44)45)35(41)33(29-39)49-38/h32-33,35-39,41-42H,3-31H2,1-2H3,(H,43,44,45). The fourth-order valence-electron chi connectivity index (χ4n) is 6.41. The average Bonchev–Trinajstić information content (AvgIpc) is 3.10. The Morgan fingerprint density at radius 1 is 0.667 bits per heavy atom. The molecule has 0 spiro atoms. The lowest BCUT2D eigenvalue weighted by molar-refractivity contribution is -0.301. The summed E-state index contributed by atoms with van der Waals surface area (Å²) in [5.74, 6) is -0.483. The van der Waals surface area contributed by atoms with E-state index in [0.29, 0.717) is 6.61 Å². The Balaban J connectivity index is 2.05. The smallest absolute Gasteiger partial charge is 0.397 e. The Morgan fingerprint density at radius 3 is 1.49 bits per heavy atom. The highest BCUT2D eigenvalue weighted by atomic mass is 32.3. The van der Waals surface area contributed by atoms with E-state index < -0.39 is 59.8 Å². The van der Waals surface area contributed by atoms with E-state index in [-0.39, 0.29) is 19.6 Å². The van der Waals surface area contributed by atoms with Crippen molar-refractivity contribution in [2.24, 2.45) is 0 Å². The molecule has 0 aromatic carbocycles. The molecule has 0 aromatic heterocycles. The molecule has 1 rings (SSSR count). The van der Waals surface area contributed by atoms with Crippen molar-refractivity contribution in [3.8, 4) is 0 Å². The van der Waals surface area contributed by atoms with E-state index >= 15 is 0 Å². The normalized spacial score (nSPS) is 21.6. The zero-order valence-electron chi connectivity index (χ0n) is 31.9. The average molecular weight is 755 g/mol. The molecule has 0 aliphatic carbocycles. The van der Waals surface area contributed by atoms with Gasteiger partial charge in [-0.05, 0) is 6.42 Å². The van der Waals surface area contributed by atoms with Crippen LogP contribution in [-0.4, -0.2) is 97.5 Å². The minimum atomic E-state index is -5.04. The van der Waals surface area contributed by atoms with Crippen molar-refractivity contribution < 1.29 is 56.2 Å². The third kappa shape index (κ3) is 25.7. The van der Waals surface area contributed by atoms with Gasteiger partial charge in [-0.25, -0.2) is 4.18 Å². The second-order valence-corrected chi connectivity index (χ2v) is 15.2. The summed E-state index contributed by atoms with van der Waals surface area (Å²) >= 11 is 0. The van der Waals surface area contributed by atoms with Crippen molar-refractivity contribution in [2.45, 2.75) is 211 Å². The van der Waals surface area contributed by atoms with Crippen LogP contribution in [0.2, 0.25) is 0 Å². The summed E-state index contributed by atoms with van der Waals surface area (Å²) in [7, 11) is -5.04. The van der Waals surface area contributed by atoms with Crippen LogP contribution in [0.3, 0.4) is 0 Å². The number of hydrogen-bond donors (Lipinski definition) is 4. The molecule has 13 heteroatoms. The first-order valence-electron chi connectivity index (χ1n) is 20.3. The lowest BCUT2D eigenvalue weighted by Crippen LogP contribution is -2.60. The molecule has 0 bridgehead atoms. The van der Waals surface area contributed by atoms with Gasteiger partial charge in [0, 0.05) is 13.0 Å². The number of ether oxygens (including phenoxy) is 4. The largest absolute Gasteiger partial charge is 0.457 e. The van der Waals surface area contributed by atoms with E-state index in [1.807, 2.05) is 0 Å². The molecule has 12 nitrogen and oxygen atoms in total. The highest BCUT2D eigenvalue weighted by Crippen LogP contribution is 2.26. The molecular weight excluding hydrogens is 680 g/mol. The van der Waals surface area contributed by atoms with Crippen LogP contribution in [0, 0.1) is 0 Å². The number of rotatable bonds is 35. The fourth-order valence-corrected chi connectivity index (χ4v) is 6.92. The first-order chi connectivity index (χ1) is 24.6. The number of aliphatic hydroxyl groups excluding tert-OH is 3. The van der Waals surface area contributed by atoms with E-state index in [1.54, 1.807) is 6.92 Å². The Kier molecular flexibility index (Phi) is 29.7. The molecule has 4 N–H and O–H groups in total. The van der Waals surface area contributed by atoms with Gasteiger partial charge >= 0.3 is 16.4 Å². The predicted molar refractivity (Wildman–Crippen MR) is 198 cm³/mol. The van der Waals surface area contributed by atoms with Gasteiger partial charge in [-0.2, -0.15) is 8.42 Å². The first-order valence-corrected chi connectivity index (χ1v) is 21.7. The molecule has 304 valence electrons. The Morgan fingerprint density at radius 2 is 1.10 bits per heavy atom. The molecule has 51 heavy (non-hydrogen) atoms. The maximum absolute atomic E-state index is 11.9. The van der Waals surface area contributed by atoms with E-state index in [2.05, 4.69) is 11.1 Å². The summed E-state index contributed by atoms with van der Waals surface area (Å²) in [6.07, 6.45) is 22.9. The second-order valence-electron chi connectivity index (χ2n) is 14.2. The van der Waals surface area contributed by atoms with Crippen molar-refractivity contribution in [3.05, 3.63) is 0 Å². The topological polar surface area (TPSA) is 178 Å². The van der Waals surface area contributed by atoms with Crippen molar-refractivity contribution in [1.29, 1.82) is 0 Å². The monoisotopic (exact) mass is 754 g/mol. The van der Waals surface area contributed by atoms with Crippen LogP contribution in [0.25, 0.3) is 0 Å². The number of hydrogen-bond acceptors (Lipinski definition) is 11. The van der Waals surface area contributed by atoms with Crippen molar-refractivity contribution >= 4 is 16.4 Å². The minimum Gasteiger partial charge on any atom is -0.457 e. The fraction of sp³-hybridized carbons (Fsp3) is 0.974. The SMILES string of the molecule is CCCCCCCCCCCCCCCCCCCCCCCCCCOCC(COC1OC(CO)C(O)C(OS(=O)(=O)O)C1O)OC(=O)CC. The van der Waals surface area contributed by atoms with Gasteiger partial charge in [0.25, 0.3) is 0 Å². The number of esters is 1. The second kappa shape index (κ2) is 31.5. The Bertz CT molecular complexity index is 921. The first kappa shape index (κ1) is 48.1. The molecular formula is C38H74O12S. The third-order valence-corrected chi connectivity index (χ3v) is 10.00. The highest BCUT2D eigenvalue weighted by molar-refractivity contribution is 7.80. The molecule has 1 heterocycles. The van der Waals surface area contributed by atoms with Gasteiger partial charge in [-0.15, -0.1) is 0 Å². The molecule has 1 aliphatic rings. The molecule has 0 aromatic rings. The van der Waals surface area contributed by atoms with Crippen LogP contribution < -0.4 is 0 Å². The van der Waals surface area contributed by atoms with E-state index in [0.717, 1.165) is 19.3 Å². The zero-order chi connectivity index (χ0) is 37.6. The Hall–Kier alpha value is -0.900. The van der Waals surface area contributed by atoms with Gasteiger partial charge in [0.15, 0.2) is 6.29 Å². The number of carbonyl (C=O) groups excluding carboxylic acids is 1. The van der Waals surface area contributed by atoms with E-state index in [9.17, 15) is 28.5 Å². The van der Waals surface area contributed by atoms with Crippen molar-refractivity contribution in [3.63, 3.8) is 0 Å². The van der Waals surface area contributed by atoms with Crippen molar-refractivity contribution in [2.75, 3.05) is 26.4 Å². The molecule has 0 radical (unpaired) electrons. The van der Waals surface area contributed by atoms with Gasteiger partial charge in [0.1, 0.15) is 30.5 Å². The predicted octanol–water partition coefficient (Wildman–Crippen LogP) is 7.35. The lowest BCUT2D eigenvalue weighted by atomic mass is 9.99. The molecule has 0 amide bonds. The maximum Gasteiger partial charge on any atom is 0.397 e. The molecule has 1 fully saturated rings. The maximum atomic E-state index is 11.9. The van der Waals surface area contributed by atoms with Crippen LogP contribution in [0.5, 0.6) is 0 Å². The summed E-state index contributed by atoms with van der Waals surface area (Å²) in [4.78, 5) is 11.9. The van der Waals surface area contributed by atoms with Gasteiger partial charge in [0.2, 0.25) is 0 Å². The number of carbonyl (C=O) groups is 1. The number of aliphatic hydroxyl groups is 3. The van der Waals surface area contributed by atoms with Crippen LogP contribution in [0.4, 0.5) is 0 Å². The van der Waals surface area contributed by atoms with E-state index in [4.69, 9.17) is 23.5 Å². The summed E-state index contributed by atoms with van der Waals surface area (Å²) in [5.41, 5.74) is 0. The van der Waals surface area contributed by atoms with Gasteiger partial charge in [-0.1, -0.05) is 162 Å². The molecule has 1 aliphatic heterocycles. The summed E-state index contributed by atoms with van der Waals surface area (Å²) in [6.45, 7) is 3.41. The lowest BCUT2D eigenvalue weighted by Gasteiger charge is -2.41. The summed E-state index contributed by atoms with van der Waals surface area (Å²) in [6, 6.07) is 0. The molecule has 1 saturated heterocycles.